The first kappa shape index (κ1) is 15.6. The van der Waals surface area contributed by atoms with Crippen LogP contribution in [0.2, 0.25) is 0 Å². The molecule has 0 aliphatic rings. The second-order valence-corrected chi connectivity index (χ2v) is 6.62. The van der Waals surface area contributed by atoms with Crippen molar-refractivity contribution in [3.8, 4) is 11.4 Å². The molecule has 1 unspecified atom stereocenters. The molecule has 0 radical (unpaired) electrons. The lowest BCUT2D eigenvalue weighted by Gasteiger charge is -2.22. The highest BCUT2D eigenvalue weighted by molar-refractivity contribution is 5.55. The van der Waals surface area contributed by atoms with E-state index in [1.807, 2.05) is 0 Å². The molecule has 1 aromatic heterocycles. The minimum absolute atomic E-state index is 0.0350. The first-order chi connectivity index (χ1) is 9.80. The molecule has 0 amide bonds. The van der Waals surface area contributed by atoms with Crippen LogP contribution in [0.1, 0.15) is 44.6 Å². The summed E-state index contributed by atoms with van der Waals surface area (Å²) in [6.45, 7) is 8.62. The van der Waals surface area contributed by atoms with Crippen LogP contribution in [0.3, 0.4) is 0 Å². The Morgan fingerprint density at radius 3 is 2.62 bits per heavy atom. The van der Waals surface area contributed by atoms with E-state index in [1.54, 1.807) is 19.1 Å². The second kappa shape index (κ2) is 5.93. The van der Waals surface area contributed by atoms with Crippen molar-refractivity contribution >= 4 is 0 Å². The van der Waals surface area contributed by atoms with E-state index in [1.165, 1.54) is 6.07 Å². The van der Waals surface area contributed by atoms with E-state index in [4.69, 9.17) is 10.3 Å². The molecule has 5 heteroatoms. The van der Waals surface area contributed by atoms with E-state index in [0.29, 0.717) is 23.8 Å². The van der Waals surface area contributed by atoms with Gasteiger partial charge in [-0.3, -0.25) is 0 Å². The van der Waals surface area contributed by atoms with Gasteiger partial charge in [-0.2, -0.15) is 4.98 Å². The minimum atomic E-state index is -0.241. The molecule has 0 saturated heterocycles. The summed E-state index contributed by atoms with van der Waals surface area (Å²) in [5, 5.41) is 3.99. The summed E-state index contributed by atoms with van der Waals surface area (Å²) in [6, 6.07) is 4.78. The van der Waals surface area contributed by atoms with E-state index >= 15 is 0 Å². The van der Waals surface area contributed by atoms with Gasteiger partial charge >= 0.3 is 0 Å². The number of halogens is 1. The highest BCUT2D eigenvalue weighted by Gasteiger charge is 2.24. The Labute approximate surface area is 124 Å². The van der Waals surface area contributed by atoms with Crippen molar-refractivity contribution in [3.05, 3.63) is 35.5 Å². The number of aromatic nitrogens is 2. The van der Waals surface area contributed by atoms with Crippen molar-refractivity contribution in [2.75, 3.05) is 6.54 Å². The van der Waals surface area contributed by atoms with Crippen LogP contribution in [-0.2, 0) is 0 Å². The quantitative estimate of drug-likeness (QED) is 0.933. The van der Waals surface area contributed by atoms with Crippen molar-refractivity contribution in [2.24, 2.45) is 11.1 Å². The van der Waals surface area contributed by atoms with Gasteiger partial charge in [0.2, 0.25) is 11.7 Å². The zero-order chi connectivity index (χ0) is 15.6. The molecule has 1 heterocycles. The molecule has 0 bridgehead atoms. The number of benzene rings is 1. The predicted octanol–water partition coefficient (Wildman–Crippen LogP) is 3.66. The number of nitrogens with zero attached hydrogens (tertiary/aromatic N) is 2. The van der Waals surface area contributed by atoms with Crippen molar-refractivity contribution < 1.29 is 8.91 Å². The fraction of sp³-hybridized carbons (Fsp3) is 0.500. The highest BCUT2D eigenvalue weighted by Crippen LogP contribution is 2.30. The van der Waals surface area contributed by atoms with Gasteiger partial charge in [0.1, 0.15) is 5.82 Å². The Morgan fingerprint density at radius 1 is 1.33 bits per heavy atom. The molecular formula is C16H22FN3O. The fourth-order valence-corrected chi connectivity index (χ4v) is 2.31. The third kappa shape index (κ3) is 3.88. The molecule has 1 aromatic carbocycles. The maximum Gasteiger partial charge on any atom is 0.231 e. The first-order valence-electron chi connectivity index (χ1n) is 7.10. The van der Waals surface area contributed by atoms with Gasteiger partial charge in [0.25, 0.3) is 0 Å². The molecule has 0 fully saturated rings. The SMILES string of the molecule is Cc1cc(-c2noc(C(CN)CC(C)(C)C)n2)ccc1F. The van der Waals surface area contributed by atoms with Crippen LogP contribution in [0, 0.1) is 18.2 Å². The Kier molecular flexibility index (Phi) is 4.42. The van der Waals surface area contributed by atoms with Crippen LogP contribution in [0.15, 0.2) is 22.7 Å². The van der Waals surface area contributed by atoms with Crippen LogP contribution < -0.4 is 5.73 Å². The van der Waals surface area contributed by atoms with Crippen molar-refractivity contribution in [2.45, 2.75) is 40.0 Å². The Balaban J connectivity index is 2.25. The maximum atomic E-state index is 13.3. The van der Waals surface area contributed by atoms with E-state index in [9.17, 15) is 4.39 Å². The Morgan fingerprint density at radius 2 is 2.05 bits per heavy atom. The zero-order valence-electron chi connectivity index (χ0n) is 13.0. The van der Waals surface area contributed by atoms with Gasteiger partial charge in [0, 0.05) is 12.1 Å². The number of rotatable bonds is 4. The molecule has 0 aliphatic carbocycles. The highest BCUT2D eigenvalue weighted by atomic mass is 19.1. The maximum absolute atomic E-state index is 13.3. The van der Waals surface area contributed by atoms with Crippen molar-refractivity contribution in [1.82, 2.24) is 10.1 Å². The molecule has 1 atom stereocenters. The van der Waals surface area contributed by atoms with Crippen LogP contribution in [0.25, 0.3) is 11.4 Å². The summed E-state index contributed by atoms with van der Waals surface area (Å²) < 4.78 is 18.7. The van der Waals surface area contributed by atoms with E-state index in [2.05, 4.69) is 30.9 Å². The summed E-state index contributed by atoms with van der Waals surface area (Å²) in [6.07, 6.45) is 0.869. The van der Waals surface area contributed by atoms with Crippen LogP contribution in [0.4, 0.5) is 4.39 Å². The van der Waals surface area contributed by atoms with Crippen molar-refractivity contribution in [3.63, 3.8) is 0 Å². The number of nitrogens with two attached hydrogens (primary N) is 1. The third-order valence-electron chi connectivity index (χ3n) is 3.35. The average Bonchev–Trinajstić information content (AvgIpc) is 2.87. The summed E-state index contributed by atoms with van der Waals surface area (Å²) >= 11 is 0. The van der Waals surface area contributed by atoms with Gasteiger partial charge in [-0.25, -0.2) is 4.39 Å². The lowest BCUT2D eigenvalue weighted by molar-refractivity contribution is 0.287. The van der Waals surface area contributed by atoms with Gasteiger partial charge in [0.15, 0.2) is 0 Å². The van der Waals surface area contributed by atoms with Gasteiger partial charge in [-0.1, -0.05) is 25.9 Å². The molecule has 0 spiro atoms. The standard InChI is InChI=1S/C16H22FN3O/c1-10-7-11(5-6-13(10)17)14-19-15(21-20-14)12(9-18)8-16(2,3)4/h5-7,12H,8-9,18H2,1-4H3. The summed E-state index contributed by atoms with van der Waals surface area (Å²) in [5.41, 5.74) is 7.26. The van der Waals surface area contributed by atoms with Gasteiger partial charge in [0.05, 0.1) is 5.92 Å². The van der Waals surface area contributed by atoms with Gasteiger partial charge in [-0.15, -0.1) is 0 Å². The minimum Gasteiger partial charge on any atom is -0.339 e. The largest absolute Gasteiger partial charge is 0.339 e. The molecular weight excluding hydrogens is 269 g/mol. The predicted molar refractivity (Wildman–Crippen MR) is 80.3 cm³/mol. The zero-order valence-corrected chi connectivity index (χ0v) is 13.0. The number of aryl methyl sites for hydroxylation is 1. The molecule has 2 aromatic rings. The lowest BCUT2D eigenvalue weighted by atomic mass is 9.84. The molecule has 2 rings (SSSR count). The van der Waals surface area contributed by atoms with Crippen LogP contribution >= 0.6 is 0 Å². The topological polar surface area (TPSA) is 64.9 Å². The van der Waals surface area contributed by atoms with Crippen LogP contribution in [0.5, 0.6) is 0 Å². The summed E-state index contributed by atoms with van der Waals surface area (Å²) in [4.78, 5) is 4.43. The lowest BCUT2D eigenvalue weighted by Crippen LogP contribution is -2.19. The molecule has 4 nitrogen and oxygen atoms in total. The second-order valence-electron chi connectivity index (χ2n) is 6.62. The summed E-state index contributed by atoms with van der Waals surface area (Å²) in [5.74, 6) is 0.813. The average molecular weight is 291 g/mol. The van der Waals surface area contributed by atoms with Crippen LogP contribution in [-0.4, -0.2) is 16.7 Å². The molecule has 0 saturated carbocycles. The van der Waals surface area contributed by atoms with Crippen molar-refractivity contribution in [1.29, 1.82) is 0 Å². The third-order valence-corrected chi connectivity index (χ3v) is 3.35. The molecule has 2 N–H and O–H groups in total. The molecule has 0 aliphatic heterocycles. The summed E-state index contributed by atoms with van der Waals surface area (Å²) in [7, 11) is 0. The Hall–Kier alpha value is -1.75. The van der Waals surface area contributed by atoms with E-state index in [0.717, 1.165) is 12.0 Å². The fourth-order valence-electron chi connectivity index (χ4n) is 2.31. The van der Waals surface area contributed by atoms with Gasteiger partial charge in [-0.05, 0) is 42.5 Å². The Bertz CT molecular complexity index is 616. The van der Waals surface area contributed by atoms with E-state index < -0.39 is 0 Å². The first-order valence-corrected chi connectivity index (χ1v) is 7.10. The molecule has 21 heavy (non-hydrogen) atoms. The normalized spacial score (nSPS) is 13.4. The van der Waals surface area contributed by atoms with Gasteiger partial charge < -0.3 is 10.3 Å². The monoisotopic (exact) mass is 291 g/mol. The van der Waals surface area contributed by atoms with E-state index in [-0.39, 0.29) is 17.2 Å². The smallest absolute Gasteiger partial charge is 0.231 e. The number of hydrogen-bond donors (Lipinski definition) is 1. The molecule has 114 valence electrons. The number of hydrogen-bond acceptors (Lipinski definition) is 4.